The quantitative estimate of drug-likeness (QED) is 0.810. The van der Waals surface area contributed by atoms with Crippen LogP contribution in [0.2, 0.25) is 0 Å². The highest BCUT2D eigenvalue weighted by Crippen LogP contribution is 2.23. The number of rotatable bonds is 2. The summed E-state index contributed by atoms with van der Waals surface area (Å²) in [4.78, 5) is 15.7. The van der Waals surface area contributed by atoms with Crippen molar-refractivity contribution in [1.82, 2.24) is 4.98 Å². The summed E-state index contributed by atoms with van der Waals surface area (Å²) in [6.07, 6.45) is 1.41. The van der Waals surface area contributed by atoms with Gasteiger partial charge in [0.1, 0.15) is 0 Å². The maximum atomic E-state index is 11.2. The normalized spacial score (nSPS) is 12.2. The topological polar surface area (TPSA) is 43.1 Å². The second kappa shape index (κ2) is 5.00. The molecule has 0 radical (unpaired) electrons. The predicted molar refractivity (Wildman–Crippen MR) is 72.1 cm³/mol. The largest absolute Gasteiger partial charge is 0.431 e. The fourth-order valence-corrected chi connectivity index (χ4v) is 1.78. The molecule has 3 heteroatoms. The molecule has 0 spiro atoms. The summed E-state index contributed by atoms with van der Waals surface area (Å²) < 4.78 is 4.73. The number of aryl methyl sites for hydroxylation is 1. The lowest BCUT2D eigenvalue weighted by molar-refractivity contribution is 0.510. The average Bonchev–Trinajstić information content (AvgIpc) is 2.37. The van der Waals surface area contributed by atoms with E-state index in [0.29, 0.717) is 0 Å². The van der Waals surface area contributed by atoms with E-state index in [1.165, 1.54) is 12.3 Å². The molecule has 0 saturated carbocycles. The van der Waals surface area contributed by atoms with Crippen molar-refractivity contribution in [2.75, 3.05) is 0 Å². The van der Waals surface area contributed by atoms with Gasteiger partial charge in [-0.2, -0.15) is 0 Å². The summed E-state index contributed by atoms with van der Waals surface area (Å²) in [7, 11) is 0. The van der Waals surface area contributed by atoms with Crippen molar-refractivity contribution in [1.29, 1.82) is 0 Å². The molecule has 0 aliphatic heterocycles. The lowest BCUT2D eigenvalue weighted by Crippen LogP contribution is -1.98. The highest BCUT2D eigenvalue weighted by Gasteiger charge is 2.05. The van der Waals surface area contributed by atoms with Crippen LogP contribution in [0.25, 0.3) is 11.1 Å². The fraction of sp³-hybridized carbons (Fsp3) is 0.200. The SMILES string of the molecule is C/C(=C(\C)c1cccc(C)n1)c1ccoc(=O)c1. The first-order valence-electron chi connectivity index (χ1n) is 5.78. The first kappa shape index (κ1) is 12.3. The van der Waals surface area contributed by atoms with Gasteiger partial charge in [0.25, 0.3) is 0 Å². The van der Waals surface area contributed by atoms with Crippen LogP contribution in [-0.2, 0) is 0 Å². The molecule has 2 aromatic heterocycles. The zero-order valence-electron chi connectivity index (χ0n) is 10.7. The van der Waals surface area contributed by atoms with E-state index in [4.69, 9.17) is 4.42 Å². The smallest absolute Gasteiger partial charge is 0.336 e. The molecule has 3 nitrogen and oxygen atoms in total. The van der Waals surface area contributed by atoms with E-state index in [0.717, 1.165) is 28.1 Å². The summed E-state index contributed by atoms with van der Waals surface area (Å²) in [5.41, 5.74) is 4.53. The molecule has 0 aliphatic rings. The van der Waals surface area contributed by atoms with Crippen molar-refractivity contribution < 1.29 is 4.42 Å². The Kier molecular flexibility index (Phi) is 3.42. The molecule has 0 saturated heterocycles. The van der Waals surface area contributed by atoms with Crippen LogP contribution in [0.15, 0.2) is 45.8 Å². The van der Waals surface area contributed by atoms with Gasteiger partial charge in [-0.1, -0.05) is 6.07 Å². The predicted octanol–water partition coefficient (Wildman–Crippen LogP) is 3.29. The molecule has 0 bridgehead atoms. The first-order chi connectivity index (χ1) is 8.58. The van der Waals surface area contributed by atoms with Crippen LogP contribution < -0.4 is 5.63 Å². The fourth-order valence-electron chi connectivity index (χ4n) is 1.78. The minimum atomic E-state index is -0.336. The van der Waals surface area contributed by atoms with Crippen molar-refractivity contribution in [3.8, 4) is 0 Å². The number of hydrogen-bond donors (Lipinski definition) is 0. The van der Waals surface area contributed by atoms with Crippen molar-refractivity contribution in [3.05, 3.63) is 64.0 Å². The monoisotopic (exact) mass is 241 g/mol. The van der Waals surface area contributed by atoms with E-state index < -0.39 is 0 Å². The van der Waals surface area contributed by atoms with Crippen LogP contribution in [0.3, 0.4) is 0 Å². The van der Waals surface area contributed by atoms with Gasteiger partial charge < -0.3 is 4.42 Å². The van der Waals surface area contributed by atoms with E-state index in [2.05, 4.69) is 4.98 Å². The summed E-state index contributed by atoms with van der Waals surface area (Å²) in [6.45, 7) is 5.95. The molecular formula is C15H15NO2. The van der Waals surface area contributed by atoms with Gasteiger partial charge in [-0.05, 0) is 55.7 Å². The molecule has 0 unspecified atom stereocenters. The van der Waals surface area contributed by atoms with Gasteiger partial charge in [0.2, 0.25) is 0 Å². The Hall–Kier alpha value is -2.16. The molecule has 0 aromatic carbocycles. The van der Waals surface area contributed by atoms with Gasteiger partial charge in [-0.3, -0.25) is 4.98 Å². The standard InChI is InChI=1S/C15H15NO2/c1-10-5-4-6-14(16-10)12(3)11(2)13-7-8-18-15(17)9-13/h4-9H,1-3H3/b12-11-. The molecule has 0 atom stereocenters. The summed E-state index contributed by atoms with van der Waals surface area (Å²) in [6, 6.07) is 9.19. The van der Waals surface area contributed by atoms with Crippen LogP contribution in [0, 0.1) is 6.92 Å². The maximum absolute atomic E-state index is 11.2. The van der Waals surface area contributed by atoms with Crippen molar-refractivity contribution in [2.24, 2.45) is 0 Å². The highest BCUT2D eigenvalue weighted by molar-refractivity contribution is 5.87. The summed E-state index contributed by atoms with van der Waals surface area (Å²) >= 11 is 0. The van der Waals surface area contributed by atoms with Crippen molar-refractivity contribution in [2.45, 2.75) is 20.8 Å². The first-order valence-corrected chi connectivity index (χ1v) is 5.78. The summed E-state index contributed by atoms with van der Waals surface area (Å²) in [5, 5.41) is 0. The molecule has 2 aromatic rings. The number of hydrogen-bond acceptors (Lipinski definition) is 3. The second-order valence-corrected chi connectivity index (χ2v) is 4.25. The number of pyridine rings is 1. The lowest BCUT2D eigenvalue weighted by Gasteiger charge is -2.07. The zero-order valence-corrected chi connectivity index (χ0v) is 10.7. The Morgan fingerprint density at radius 3 is 2.61 bits per heavy atom. The highest BCUT2D eigenvalue weighted by atomic mass is 16.4. The minimum Gasteiger partial charge on any atom is -0.431 e. The van der Waals surface area contributed by atoms with Gasteiger partial charge in [-0.15, -0.1) is 0 Å². The van der Waals surface area contributed by atoms with Gasteiger partial charge in [0, 0.05) is 11.8 Å². The number of aromatic nitrogens is 1. The molecule has 0 aliphatic carbocycles. The average molecular weight is 241 g/mol. The zero-order chi connectivity index (χ0) is 13.1. The Labute approximate surface area is 106 Å². The van der Waals surface area contributed by atoms with Gasteiger partial charge in [0.15, 0.2) is 0 Å². The van der Waals surface area contributed by atoms with E-state index in [1.54, 1.807) is 6.07 Å². The van der Waals surface area contributed by atoms with E-state index in [9.17, 15) is 4.79 Å². The Balaban J connectivity index is 2.50. The van der Waals surface area contributed by atoms with Gasteiger partial charge >= 0.3 is 5.63 Å². The molecule has 2 heterocycles. The van der Waals surface area contributed by atoms with E-state index in [1.807, 2.05) is 39.0 Å². The Bertz CT molecular complexity index is 653. The molecule has 0 amide bonds. The van der Waals surface area contributed by atoms with Crippen LogP contribution in [0.1, 0.15) is 30.8 Å². The molecule has 0 N–H and O–H groups in total. The molecule has 18 heavy (non-hydrogen) atoms. The van der Waals surface area contributed by atoms with Crippen LogP contribution in [0.4, 0.5) is 0 Å². The van der Waals surface area contributed by atoms with Crippen LogP contribution >= 0.6 is 0 Å². The third kappa shape index (κ3) is 2.56. The Morgan fingerprint density at radius 2 is 1.94 bits per heavy atom. The minimum absolute atomic E-state index is 0.336. The Morgan fingerprint density at radius 1 is 1.17 bits per heavy atom. The number of allylic oxidation sites excluding steroid dienone is 2. The second-order valence-electron chi connectivity index (χ2n) is 4.25. The molecular weight excluding hydrogens is 226 g/mol. The van der Waals surface area contributed by atoms with E-state index >= 15 is 0 Å². The van der Waals surface area contributed by atoms with Crippen LogP contribution in [0.5, 0.6) is 0 Å². The summed E-state index contributed by atoms with van der Waals surface area (Å²) in [5.74, 6) is 0. The molecule has 92 valence electrons. The molecule has 2 rings (SSSR count). The van der Waals surface area contributed by atoms with E-state index in [-0.39, 0.29) is 5.63 Å². The third-order valence-corrected chi connectivity index (χ3v) is 2.97. The molecule has 0 fully saturated rings. The van der Waals surface area contributed by atoms with Gasteiger partial charge in [0.05, 0.1) is 12.0 Å². The maximum Gasteiger partial charge on any atom is 0.336 e. The van der Waals surface area contributed by atoms with Crippen molar-refractivity contribution >= 4 is 11.1 Å². The third-order valence-electron chi connectivity index (χ3n) is 2.97. The van der Waals surface area contributed by atoms with Crippen molar-refractivity contribution in [3.63, 3.8) is 0 Å². The van der Waals surface area contributed by atoms with Gasteiger partial charge in [-0.25, -0.2) is 4.79 Å². The van der Waals surface area contributed by atoms with Crippen LogP contribution in [-0.4, -0.2) is 4.98 Å². The lowest BCUT2D eigenvalue weighted by atomic mass is 10.0. The number of nitrogens with zero attached hydrogens (tertiary/aromatic N) is 1.